The van der Waals surface area contributed by atoms with Crippen LogP contribution in [0.4, 0.5) is 11.6 Å². The Kier molecular flexibility index (Phi) is 3.87. The molecule has 2 N–H and O–H groups in total. The Morgan fingerprint density at radius 2 is 2.07 bits per heavy atom. The zero-order chi connectivity index (χ0) is 19.3. The van der Waals surface area contributed by atoms with Crippen molar-refractivity contribution < 1.29 is 9.13 Å². The number of aryl methyl sites for hydroxylation is 2. The summed E-state index contributed by atoms with van der Waals surface area (Å²) in [6, 6.07) is 1.83. The summed E-state index contributed by atoms with van der Waals surface area (Å²) in [4.78, 5) is 28.3. The lowest BCUT2D eigenvalue weighted by Crippen LogP contribution is -2.55. The number of nitrogens with zero attached hydrogens (tertiary/aromatic N) is 7. The lowest BCUT2D eigenvalue weighted by molar-refractivity contribution is -0.711. The van der Waals surface area contributed by atoms with Crippen LogP contribution in [0.2, 0.25) is 0 Å². The van der Waals surface area contributed by atoms with Gasteiger partial charge in [0.25, 0.3) is 5.82 Å². The van der Waals surface area contributed by atoms with Crippen LogP contribution in [0.25, 0.3) is 0 Å². The van der Waals surface area contributed by atoms with Crippen molar-refractivity contribution in [3.8, 4) is 0 Å². The summed E-state index contributed by atoms with van der Waals surface area (Å²) < 4.78 is 5.16. The number of hydrogen-bond donors (Lipinski definition) is 1. The molecule has 2 aliphatic heterocycles. The minimum absolute atomic E-state index is 0.146. The third-order valence-electron chi connectivity index (χ3n) is 4.93. The zero-order valence-corrected chi connectivity index (χ0v) is 15.8. The maximum absolute atomic E-state index is 13.0. The third-order valence-corrected chi connectivity index (χ3v) is 4.93. The van der Waals surface area contributed by atoms with E-state index in [4.69, 9.17) is 5.73 Å². The topological polar surface area (TPSA) is 96.6 Å². The molecule has 2 aromatic heterocycles. The quantitative estimate of drug-likeness (QED) is 0.731. The minimum Gasteiger partial charge on any atom is -0.362 e. The summed E-state index contributed by atoms with van der Waals surface area (Å²) >= 11 is 0. The molecular formula is C18H22N8O+2. The van der Waals surface area contributed by atoms with E-state index in [0.29, 0.717) is 30.6 Å². The smallest absolute Gasteiger partial charge is 0.362 e. The van der Waals surface area contributed by atoms with Crippen molar-refractivity contribution in [1.82, 2.24) is 14.5 Å². The van der Waals surface area contributed by atoms with E-state index in [1.807, 2.05) is 55.9 Å². The highest BCUT2D eigenvalue weighted by Crippen LogP contribution is 2.22. The molecule has 0 saturated carbocycles. The predicted molar refractivity (Wildman–Crippen MR) is 101 cm³/mol. The number of aromatic nitrogens is 4. The molecule has 2 aliphatic rings. The van der Waals surface area contributed by atoms with Gasteiger partial charge in [-0.05, 0) is 11.9 Å². The Morgan fingerprint density at radius 1 is 1.30 bits per heavy atom. The van der Waals surface area contributed by atoms with Gasteiger partial charge in [0, 0.05) is 26.2 Å². The van der Waals surface area contributed by atoms with Crippen molar-refractivity contribution >= 4 is 23.3 Å². The van der Waals surface area contributed by atoms with Crippen molar-refractivity contribution in [2.75, 3.05) is 12.8 Å². The van der Waals surface area contributed by atoms with Crippen molar-refractivity contribution in [3.63, 3.8) is 0 Å². The van der Waals surface area contributed by atoms with Gasteiger partial charge in [-0.2, -0.15) is 18.9 Å². The van der Waals surface area contributed by atoms with E-state index < -0.39 is 0 Å². The van der Waals surface area contributed by atoms with E-state index >= 15 is 0 Å². The molecule has 4 rings (SSSR count). The van der Waals surface area contributed by atoms with Crippen molar-refractivity contribution in [3.05, 3.63) is 52.1 Å². The SMILES string of the molecule is CC1=NC2=Nc3cc[n+](Cc4c[n+](C)c(C)nc4N)c(=O)n3CC2=CN1C. The molecule has 138 valence electrons. The molecule has 0 atom stereocenters. The Hall–Kier alpha value is -3.36. The van der Waals surface area contributed by atoms with Crippen LogP contribution >= 0.6 is 0 Å². The van der Waals surface area contributed by atoms with Crippen LogP contribution in [0.3, 0.4) is 0 Å². The summed E-state index contributed by atoms with van der Waals surface area (Å²) in [5.74, 6) is 3.39. The Balaban J connectivity index is 1.74. The Bertz CT molecular complexity index is 1110. The average Bonchev–Trinajstić information content (AvgIpc) is 2.62. The molecule has 9 nitrogen and oxygen atoms in total. The molecule has 0 unspecified atom stereocenters. The molecule has 0 bridgehead atoms. The molecule has 0 radical (unpaired) electrons. The number of hydrogen-bond acceptors (Lipinski definition) is 6. The van der Waals surface area contributed by atoms with Crippen molar-refractivity contribution in [2.24, 2.45) is 17.0 Å². The number of nitrogens with two attached hydrogens (primary N) is 1. The molecule has 0 aliphatic carbocycles. The minimum atomic E-state index is -0.146. The number of aliphatic imine (C=N–C) groups is 2. The van der Waals surface area contributed by atoms with Gasteiger partial charge in [0.1, 0.15) is 36.9 Å². The number of amidine groups is 2. The van der Waals surface area contributed by atoms with Gasteiger partial charge in [-0.3, -0.25) is 0 Å². The van der Waals surface area contributed by atoms with Gasteiger partial charge in [-0.25, -0.2) is 9.56 Å². The van der Waals surface area contributed by atoms with Crippen molar-refractivity contribution in [2.45, 2.75) is 26.9 Å². The summed E-state index contributed by atoms with van der Waals surface area (Å²) in [6.07, 6.45) is 5.61. The Labute approximate surface area is 156 Å². The highest BCUT2D eigenvalue weighted by molar-refractivity contribution is 6.09. The first-order valence-electron chi connectivity index (χ1n) is 8.66. The van der Waals surface area contributed by atoms with Crippen molar-refractivity contribution in [1.29, 1.82) is 0 Å². The van der Waals surface area contributed by atoms with E-state index in [0.717, 1.165) is 22.8 Å². The number of nitrogen functional groups attached to an aromatic ring is 1. The second-order valence-corrected chi connectivity index (χ2v) is 6.84. The first-order chi connectivity index (χ1) is 12.8. The van der Waals surface area contributed by atoms with Gasteiger partial charge in [0.15, 0.2) is 5.84 Å². The summed E-state index contributed by atoms with van der Waals surface area (Å²) in [7, 11) is 3.83. The third kappa shape index (κ3) is 2.90. The van der Waals surface area contributed by atoms with E-state index in [9.17, 15) is 4.79 Å². The monoisotopic (exact) mass is 366 g/mol. The first-order valence-corrected chi connectivity index (χ1v) is 8.66. The van der Waals surface area contributed by atoms with Gasteiger partial charge >= 0.3 is 5.69 Å². The highest BCUT2D eigenvalue weighted by atomic mass is 16.1. The van der Waals surface area contributed by atoms with Gasteiger partial charge in [0.2, 0.25) is 11.6 Å². The van der Waals surface area contributed by atoms with Gasteiger partial charge < -0.3 is 10.6 Å². The van der Waals surface area contributed by atoms with Crippen LogP contribution in [0.15, 0.2) is 45.0 Å². The second kappa shape index (κ2) is 6.11. The lowest BCUT2D eigenvalue weighted by Gasteiger charge is -2.23. The van der Waals surface area contributed by atoms with Crippen LogP contribution in [0.1, 0.15) is 18.3 Å². The Morgan fingerprint density at radius 3 is 2.85 bits per heavy atom. The fourth-order valence-electron chi connectivity index (χ4n) is 3.13. The maximum atomic E-state index is 13.0. The lowest BCUT2D eigenvalue weighted by atomic mass is 10.2. The molecule has 0 fully saturated rings. The summed E-state index contributed by atoms with van der Waals surface area (Å²) in [5.41, 5.74) is 7.61. The molecular weight excluding hydrogens is 344 g/mol. The molecule has 27 heavy (non-hydrogen) atoms. The maximum Gasteiger partial charge on any atom is 0.500 e. The standard InChI is InChI=1S/C18H21N8O/c1-11-20-16(19)13(7-23(11)3)9-25-6-5-15-22-17-14(10-26(15)18(25)27)8-24(4)12(2)21-17/h5-8,19H,9-10H2,1-4H3/q+1/p+1. The number of anilines is 1. The van der Waals surface area contributed by atoms with Gasteiger partial charge in [-0.15, -0.1) is 0 Å². The average molecular weight is 366 g/mol. The molecule has 0 spiro atoms. The number of fused-ring (bicyclic) bond motifs is 2. The fourth-order valence-corrected chi connectivity index (χ4v) is 3.13. The van der Waals surface area contributed by atoms with Gasteiger partial charge in [0.05, 0.1) is 12.6 Å². The van der Waals surface area contributed by atoms with Crippen LogP contribution in [-0.4, -0.2) is 33.2 Å². The van der Waals surface area contributed by atoms with E-state index in [1.165, 1.54) is 0 Å². The largest absolute Gasteiger partial charge is 0.500 e. The predicted octanol–water partition coefficient (Wildman–Crippen LogP) is -0.414. The molecule has 0 amide bonds. The highest BCUT2D eigenvalue weighted by Gasteiger charge is 2.28. The fraction of sp³-hybridized carbons (Fsp3) is 0.333. The summed E-state index contributed by atoms with van der Waals surface area (Å²) in [6.45, 7) is 4.59. The summed E-state index contributed by atoms with van der Waals surface area (Å²) in [5, 5.41) is 0. The van der Waals surface area contributed by atoms with Crippen LogP contribution < -0.4 is 20.6 Å². The van der Waals surface area contributed by atoms with Crippen LogP contribution in [-0.2, 0) is 20.1 Å². The van der Waals surface area contributed by atoms with E-state index in [1.54, 1.807) is 15.3 Å². The van der Waals surface area contributed by atoms with E-state index in [-0.39, 0.29) is 5.69 Å². The molecule has 2 aromatic rings. The van der Waals surface area contributed by atoms with Gasteiger partial charge in [-0.1, -0.05) is 0 Å². The molecule has 0 aromatic carbocycles. The normalized spacial score (nSPS) is 15.6. The molecule has 9 heteroatoms. The zero-order valence-electron chi connectivity index (χ0n) is 15.8. The number of rotatable bonds is 2. The van der Waals surface area contributed by atoms with E-state index in [2.05, 4.69) is 15.0 Å². The molecule has 4 heterocycles. The molecule has 0 saturated heterocycles. The second-order valence-electron chi connectivity index (χ2n) is 6.84. The van der Waals surface area contributed by atoms with Crippen LogP contribution in [0.5, 0.6) is 0 Å². The first kappa shape index (κ1) is 17.1. The van der Waals surface area contributed by atoms with Crippen LogP contribution in [0, 0.1) is 6.92 Å².